The number of methoxy groups -OCH3 is 1. The lowest BCUT2D eigenvalue weighted by Crippen LogP contribution is -2.35. The van der Waals surface area contributed by atoms with Crippen LogP contribution in [0, 0.1) is 19.3 Å². The molecule has 19 heavy (non-hydrogen) atoms. The van der Waals surface area contributed by atoms with Crippen molar-refractivity contribution in [3.63, 3.8) is 0 Å². The van der Waals surface area contributed by atoms with Gasteiger partial charge in [-0.1, -0.05) is 26.0 Å². The molecule has 1 aromatic rings. The van der Waals surface area contributed by atoms with Gasteiger partial charge in [-0.25, -0.2) is 0 Å². The summed E-state index contributed by atoms with van der Waals surface area (Å²) in [5, 5.41) is 11.0. The predicted octanol–water partition coefficient (Wildman–Crippen LogP) is 4.10. The Morgan fingerprint density at radius 2 is 1.63 bits per heavy atom. The van der Waals surface area contributed by atoms with Gasteiger partial charge in [-0.2, -0.15) is 0 Å². The predicted molar refractivity (Wildman–Crippen MR) is 78.6 cm³/mol. The number of benzene rings is 1. The summed E-state index contributed by atoms with van der Waals surface area (Å²) >= 11 is 0. The summed E-state index contributed by atoms with van der Waals surface area (Å²) in [5.74, 6) is 0.863. The molecule has 1 aliphatic carbocycles. The van der Waals surface area contributed by atoms with E-state index in [0.717, 1.165) is 42.6 Å². The number of aryl methyl sites for hydroxylation is 1. The lowest BCUT2D eigenvalue weighted by molar-refractivity contribution is -0.0321. The molecular weight excluding hydrogens is 236 g/mol. The van der Waals surface area contributed by atoms with E-state index in [2.05, 4.69) is 33.8 Å². The van der Waals surface area contributed by atoms with Crippen LogP contribution >= 0.6 is 0 Å². The molecule has 0 saturated heterocycles. The molecule has 1 aliphatic rings. The van der Waals surface area contributed by atoms with E-state index in [1.807, 2.05) is 6.07 Å². The average Bonchev–Trinajstić information content (AvgIpc) is 2.36. The molecule has 2 rings (SSSR count). The van der Waals surface area contributed by atoms with E-state index >= 15 is 0 Å². The molecule has 1 fully saturated rings. The fourth-order valence-corrected chi connectivity index (χ4v) is 3.03. The molecule has 0 bridgehead atoms. The lowest BCUT2D eigenvalue weighted by atomic mass is 9.68. The Morgan fingerprint density at radius 3 is 2.16 bits per heavy atom. The Balaban J connectivity index is 2.39. The van der Waals surface area contributed by atoms with Crippen molar-refractivity contribution in [3.05, 3.63) is 28.8 Å². The van der Waals surface area contributed by atoms with E-state index in [-0.39, 0.29) is 0 Å². The summed E-state index contributed by atoms with van der Waals surface area (Å²) in [7, 11) is 1.70. The normalized spacial score (nSPS) is 21.2. The van der Waals surface area contributed by atoms with Crippen LogP contribution < -0.4 is 4.74 Å². The fourth-order valence-electron chi connectivity index (χ4n) is 3.03. The zero-order valence-electron chi connectivity index (χ0n) is 12.8. The first-order chi connectivity index (χ1) is 8.79. The van der Waals surface area contributed by atoms with Gasteiger partial charge in [-0.3, -0.25) is 0 Å². The summed E-state index contributed by atoms with van der Waals surface area (Å²) in [6.07, 6.45) is 3.75. The third-order valence-corrected chi connectivity index (χ3v) is 4.81. The first-order valence-corrected chi connectivity index (χ1v) is 7.16. The van der Waals surface area contributed by atoms with Crippen LogP contribution in [0.3, 0.4) is 0 Å². The molecule has 0 aliphatic heterocycles. The van der Waals surface area contributed by atoms with Gasteiger partial charge in [-0.05, 0) is 56.1 Å². The van der Waals surface area contributed by atoms with Gasteiger partial charge in [0.15, 0.2) is 0 Å². The molecule has 106 valence electrons. The van der Waals surface area contributed by atoms with Crippen molar-refractivity contribution in [2.45, 2.75) is 59.0 Å². The molecule has 0 atom stereocenters. The third-order valence-electron chi connectivity index (χ3n) is 4.81. The van der Waals surface area contributed by atoms with E-state index < -0.39 is 5.60 Å². The second kappa shape index (κ2) is 4.82. The van der Waals surface area contributed by atoms with E-state index in [4.69, 9.17) is 4.74 Å². The van der Waals surface area contributed by atoms with Crippen molar-refractivity contribution in [2.75, 3.05) is 7.11 Å². The number of hydrogen-bond donors (Lipinski definition) is 1. The minimum absolute atomic E-state index is 0.346. The van der Waals surface area contributed by atoms with Gasteiger partial charge in [0.25, 0.3) is 0 Å². The largest absolute Gasteiger partial charge is 0.496 e. The Hall–Kier alpha value is -1.02. The number of ether oxygens (including phenoxy) is 1. The number of aliphatic hydroxyl groups is 1. The minimum Gasteiger partial charge on any atom is -0.496 e. The highest BCUT2D eigenvalue weighted by molar-refractivity contribution is 5.48. The number of rotatable bonds is 2. The molecule has 0 aromatic heterocycles. The van der Waals surface area contributed by atoms with Gasteiger partial charge in [0.1, 0.15) is 5.75 Å². The maximum absolute atomic E-state index is 11.0. The van der Waals surface area contributed by atoms with Gasteiger partial charge in [-0.15, -0.1) is 0 Å². The van der Waals surface area contributed by atoms with Crippen LogP contribution in [0.1, 0.15) is 56.2 Å². The lowest BCUT2D eigenvalue weighted by Gasteiger charge is -2.41. The quantitative estimate of drug-likeness (QED) is 0.869. The highest BCUT2D eigenvalue weighted by Crippen LogP contribution is 2.48. The van der Waals surface area contributed by atoms with Crippen LogP contribution in [0.5, 0.6) is 5.75 Å². The summed E-state index contributed by atoms with van der Waals surface area (Å²) < 4.78 is 5.57. The van der Waals surface area contributed by atoms with Gasteiger partial charge in [0.05, 0.1) is 12.7 Å². The smallest absolute Gasteiger partial charge is 0.128 e. The second-order valence-corrected chi connectivity index (χ2v) is 6.78. The molecule has 0 heterocycles. The second-order valence-electron chi connectivity index (χ2n) is 6.78. The van der Waals surface area contributed by atoms with Crippen LogP contribution in [0.2, 0.25) is 0 Å². The topological polar surface area (TPSA) is 29.5 Å². The maximum atomic E-state index is 11.0. The standard InChI is InChI=1S/C17H26O2/c1-12-6-7-14(15(19-5)13(12)2)17(18)10-8-16(3,4)9-11-17/h6-7,18H,8-11H2,1-5H3. The summed E-state index contributed by atoms with van der Waals surface area (Å²) in [6.45, 7) is 8.71. The molecule has 0 unspecified atom stereocenters. The van der Waals surface area contributed by atoms with Crippen LogP contribution in [0.25, 0.3) is 0 Å². The minimum atomic E-state index is -0.723. The summed E-state index contributed by atoms with van der Waals surface area (Å²) in [4.78, 5) is 0. The molecule has 2 heteroatoms. The Bertz CT molecular complexity index is 464. The average molecular weight is 262 g/mol. The Labute approximate surface area is 116 Å². The van der Waals surface area contributed by atoms with Crippen LogP contribution in [0.4, 0.5) is 0 Å². The van der Waals surface area contributed by atoms with E-state index in [9.17, 15) is 5.11 Å². The third kappa shape index (κ3) is 2.64. The molecule has 0 amide bonds. The van der Waals surface area contributed by atoms with Gasteiger partial charge in [0, 0.05) is 5.56 Å². The molecule has 0 spiro atoms. The van der Waals surface area contributed by atoms with Crippen molar-refractivity contribution in [2.24, 2.45) is 5.41 Å². The zero-order valence-corrected chi connectivity index (χ0v) is 12.8. The van der Waals surface area contributed by atoms with Crippen LogP contribution in [-0.4, -0.2) is 12.2 Å². The zero-order chi connectivity index (χ0) is 14.3. The molecule has 0 radical (unpaired) electrons. The molecule has 1 N–H and O–H groups in total. The van der Waals surface area contributed by atoms with E-state index in [0.29, 0.717) is 5.41 Å². The van der Waals surface area contributed by atoms with Crippen LogP contribution in [0.15, 0.2) is 12.1 Å². The fraction of sp³-hybridized carbons (Fsp3) is 0.647. The molecule has 1 aromatic carbocycles. The van der Waals surface area contributed by atoms with Gasteiger partial charge in [0.2, 0.25) is 0 Å². The highest BCUT2D eigenvalue weighted by atomic mass is 16.5. The Morgan fingerprint density at radius 1 is 1.05 bits per heavy atom. The summed E-state index contributed by atoms with van der Waals surface area (Å²) in [5.41, 5.74) is 2.94. The summed E-state index contributed by atoms with van der Waals surface area (Å²) in [6, 6.07) is 4.13. The van der Waals surface area contributed by atoms with Crippen molar-refractivity contribution in [1.82, 2.24) is 0 Å². The molecule has 2 nitrogen and oxygen atoms in total. The maximum Gasteiger partial charge on any atom is 0.128 e. The van der Waals surface area contributed by atoms with Crippen molar-refractivity contribution in [3.8, 4) is 5.75 Å². The SMILES string of the molecule is COc1c(C2(O)CCC(C)(C)CC2)ccc(C)c1C. The van der Waals surface area contributed by atoms with Crippen molar-refractivity contribution < 1.29 is 9.84 Å². The first-order valence-electron chi connectivity index (χ1n) is 7.16. The van der Waals surface area contributed by atoms with Crippen molar-refractivity contribution in [1.29, 1.82) is 0 Å². The molecule has 1 saturated carbocycles. The monoisotopic (exact) mass is 262 g/mol. The van der Waals surface area contributed by atoms with E-state index in [1.54, 1.807) is 7.11 Å². The van der Waals surface area contributed by atoms with Gasteiger partial charge < -0.3 is 9.84 Å². The van der Waals surface area contributed by atoms with Gasteiger partial charge >= 0.3 is 0 Å². The number of hydrogen-bond acceptors (Lipinski definition) is 2. The van der Waals surface area contributed by atoms with E-state index in [1.165, 1.54) is 5.56 Å². The van der Waals surface area contributed by atoms with Crippen molar-refractivity contribution >= 4 is 0 Å². The highest BCUT2D eigenvalue weighted by Gasteiger charge is 2.39. The van der Waals surface area contributed by atoms with Crippen LogP contribution in [-0.2, 0) is 5.60 Å². The molecular formula is C17H26O2. The first kappa shape index (κ1) is 14.4. The Kier molecular flexibility index (Phi) is 3.65.